The highest BCUT2D eigenvalue weighted by Crippen LogP contribution is 2.37. The Morgan fingerprint density at radius 1 is 1.48 bits per heavy atom. The summed E-state index contributed by atoms with van der Waals surface area (Å²) in [6.45, 7) is 3.72. The van der Waals surface area contributed by atoms with Crippen molar-refractivity contribution in [2.24, 2.45) is 5.73 Å². The van der Waals surface area contributed by atoms with E-state index in [1.54, 1.807) is 0 Å². The third kappa shape index (κ3) is 2.78. The predicted molar refractivity (Wildman–Crippen MR) is 86.0 cm³/mol. The van der Waals surface area contributed by atoms with Crippen molar-refractivity contribution in [3.05, 3.63) is 51.8 Å². The molecule has 0 bridgehead atoms. The van der Waals surface area contributed by atoms with E-state index in [2.05, 4.69) is 46.2 Å². The van der Waals surface area contributed by atoms with Gasteiger partial charge in [0.1, 0.15) is 6.10 Å². The SMILES string of the molecule is CCCn1ncc(Br)c1C(N)C1OCCc2ccccc21. The van der Waals surface area contributed by atoms with Gasteiger partial charge in [-0.25, -0.2) is 0 Å². The van der Waals surface area contributed by atoms with Gasteiger partial charge >= 0.3 is 0 Å². The monoisotopic (exact) mass is 349 g/mol. The number of benzene rings is 1. The van der Waals surface area contributed by atoms with Crippen molar-refractivity contribution in [2.45, 2.75) is 38.5 Å². The van der Waals surface area contributed by atoms with E-state index in [0.29, 0.717) is 0 Å². The smallest absolute Gasteiger partial charge is 0.104 e. The fourth-order valence-corrected chi connectivity index (χ4v) is 3.52. The first-order chi connectivity index (χ1) is 10.2. The minimum absolute atomic E-state index is 0.112. The Kier molecular flexibility index (Phi) is 4.42. The maximum absolute atomic E-state index is 6.55. The van der Waals surface area contributed by atoms with Crippen LogP contribution in [0, 0.1) is 0 Å². The number of halogens is 1. The van der Waals surface area contributed by atoms with E-state index in [9.17, 15) is 0 Å². The lowest BCUT2D eigenvalue weighted by atomic mass is 9.92. The number of ether oxygens (including phenoxy) is 1. The van der Waals surface area contributed by atoms with Crippen molar-refractivity contribution in [1.82, 2.24) is 9.78 Å². The van der Waals surface area contributed by atoms with E-state index in [1.165, 1.54) is 11.1 Å². The van der Waals surface area contributed by atoms with E-state index in [0.717, 1.165) is 36.2 Å². The molecule has 5 heteroatoms. The van der Waals surface area contributed by atoms with Crippen LogP contribution in [0.5, 0.6) is 0 Å². The van der Waals surface area contributed by atoms with Crippen LogP contribution in [0.1, 0.15) is 42.3 Å². The third-order valence-corrected chi connectivity index (χ3v) is 4.55. The van der Waals surface area contributed by atoms with Crippen LogP contribution < -0.4 is 5.73 Å². The van der Waals surface area contributed by atoms with Crippen LogP contribution in [-0.2, 0) is 17.7 Å². The van der Waals surface area contributed by atoms with Gasteiger partial charge in [-0.15, -0.1) is 0 Å². The summed E-state index contributed by atoms with van der Waals surface area (Å²) < 4.78 is 8.93. The van der Waals surface area contributed by atoms with Crippen LogP contribution in [0.15, 0.2) is 34.9 Å². The molecule has 4 nitrogen and oxygen atoms in total. The van der Waals surface area contributed by atoms with Crippen LogP contribution in [0.25, 0.3) is 0 Å². The Hall–Kier alpha value is -1.17. The van der Waals surface area contributed by atoms with E-state index >= 15 is 0 Å². The van der Waals surface area contributed by atoms with Crippen molar-refractivity contribution in [3.63, 3.8) is 0 Å². The molecule has 2 atom stereocenters. The maximum atomic E-state index is 6.55. The van der Waals surface area contributed by atoms with Crippen molar-refractivity contribution in [3.8, 4) is 0 Å². The third-order valence-electron chi connectivity index (χ3n) is 3.94. The zero-order valence-corrected chi connectivity index (χ0v) is 13.7. The van der Waals surface area contributed by atoms with E-state index < -0.39 is 0 Å². The Morgan fingerprint density at radius 2 is 2.29 bits per heavy atom. The summed E-state index contributed by atoms with van der Waals surface area (Å²) in [6, 6.07) is 8.17. The van der Waals surface area contributed by atoms with Crippen molar-refractivity contribution in [1.29, 1.82) is 0 Å². The Labute approximate surface area is 133 Å². The molecule has 2 unspecified atom stereocenters. The van der Waals surface area contributed by atoms with Crippen LogP contribution >= 0.6 is 15.9 Å². The number of aryl methyl sites for hydroxylation is 1. The van der Waals surface area contributed by atoms with E-state index in [1.807, 2.05) is 16.9 Å². The molecular weight excluding hydrogens is 330 g/mol. The predicted octanol–water partition coefficient (Wildman–Crippen LogP) is 3.37. The maximum Gasteiger partial charge on any atom is 0.104 e. The molecule has 0 spiro atoms. The van der Waals surface area contributed by atoms with Gasteiger partial charge in [0.15, 0.2) is 0 Å². The topological polar surface area (TPSA) is 53.1 Å². The number of nitrogens with zero attached hydrogens (tertiary/aromatic N) is 2. The fourth-order valence-electron chi connectivity index (χ4n) is 2.96. The lowest BCUT2D eigenvalue weighted by Gasteiger charge is -2.31. The van der Waals surface area contributed by atoms with E-state index in [-0.39, 0.29) is 12.1 Å². The van der Waals surface area contributed by atoms with Crippen LogP contribution in [-0.4, -0.2) is 16.4 Å². The minimum Gasteiger partial charge on any atom is -0.371 e. The summed E-state index contributed by atoms with van der Waals surface area (Å²) in [5.74, 6) is 0. The molecule has 2 aromatic rings. The molecule has 3 rings (SSSR count). The van der Waals surface area contributed by atoms with Gasteiger partial charge < -0.3 is 10.5 Å². The van der Waals surface area contributed by atoms with Crippen LogP contribution in [0.4, 0.5) is 0 Å². The summed E-state index contributed by atoms with van der Waals surface area (Å²) >= 11 is 3.58. The second-order valence-electron chi connectivity index (χ2n) is 5.37. The summed E-state index contributed by atoms with van der Waals surface area (Å²) in [5, 5.41) is 4.41. The lowest BCUT2D eigenvalue weighted by molar-refractivity contribution is 0.0220. The molecule has 0 saturated carbocycles. The first kappa shape index (κ1) is 14.8. The molecule has 21 heavy (non-hydrogen) atoms. The summed E-state index contributed by atoms with van der Waals surface area (Å²) in [5.41, 5.74) is 10.1. The van der Waals surface area contributed by atoms with Crippen LogP contribution in [0.3, 0.4) is 0 Å². The highest BCUT2D eigenvalue weighted by atomic mass is 79.9. The van der Waals surface area contributed by atoms with E-state index in [4.69, 9.17) is 10.5 Å². The average molecular weight is 350 g/mol. The highest BCUT2D eigenvalue weighted by molar-refractivity contribution is 9.10. The van der Waals surface area contributed by atoms with Gasteiger partial charge in [0, 0.05) is 6.54 Å². The van der Waals surface area contributed by atoms with Crippen LogP contribution in [0.2, 0.25) is 0 Å². The molecule has 1 aliphatic heterocycles. The molecule has 0 aliphatic carbocycles. The quantitative estimate of drug-likeness (QED) is 0.920. The van der Waals surface area contributed by atoms with Crippen molar-refractivity contribution >= 4 is 15.9 Å². The summed E-state index contributed by atoms with van der Waals surface area (Å²) in [4.78, 5) is 0. The summed E-state index contributed by atoms with van der Waals surface area (Å²) in [6.07, 6.45) is 3.68. The molecule has 1 aromatic heterocycles. The normalized spacial score (nSPS) is 19.3. The molecule has 112 valence electrons. The highest BCUT2D eigenvalue weighted by Gasteiger charge is 2.30. The zero-order chi connectivity index (χ0) is 14.8. The molecule has 0 fully saturated rings. The average Bonchev–Trinajstić information content (AvgIpc) is 2.87. The Bertz CT molecular complexity index is 626. The molecule has 0 saturated heterocycles. The molecule has 0 amide bonds. The van der Waals surface area contributed by atoms with Gasteiger partial charge in [-0.1, -0.05) is 31.2 Å². The number of hydrogen-bond acceptors (Lipinski definition) is 3. The summed E-state index contributed by atoms with van der Waals surface area (Å²) in [7, 11) is 0. The van der Waals surface area contributed by atoms with Gasteiger partial charge in [0.25, 0.3) is 0 Å². The van der Waals surface area contributed by atoms with Crippen molar-refractivity contribution in [2.75, 3.05) is 6.61 Å². The van der Waals surface area contributed by atoms with Gasteiger partial charge in [-0.2, -0.15) is 5.10 Å². The standard InChI is InChI=1S/C16H20BrN3O/c1-2-8-20-15(13(17)10-19-20)14(18)16-12-6-4-3-5-11(12)7-9-21-16/h3-6,10,14,16H,2,7-9,18H2,1H3. The lowest BCUT2D eigenvalue weighted by Crippen LogP contribution is -2.29. The number of hydrogen-bond donors (Lipinski definition) is 1. The zero-order valence-electron chi connectivity index (χ0n) is 12.1. The van der Waals surface area contributed by atoms with Gasteiger partial charge in [0.2, 0.25) is 0 Å². The van der Waals surface area contributed by atoms with Gasteiger partial charge in [-0.3, -0.25) is 4.68 Å². The molecule has 1 aliphatic rings. The van der Waals surface area contributed by atoms with Gasteiger partial charge in [-0.05, 0) is 39.9 Å². The van der Waals surface area contributed by atoms with Crippen molar-refractivity contribution < 1.29 is 4.74 Å². The minimum atomic E-state index is -0.227. The Morgan fingerprint density at radius 3 is 3.10 bits per heavy atom. The first-order valence-corrected chi connectivity index (χ1v) is 8.18. The first-order valence-electron chi connectivity index (χ1n) is 7.38. The fraction of sp³-hybridized carbons (Fsp3) is 0.438. The molecule has 0 radical (unpaired) electrons. The molecular formula is C16H20BrN3O. The Balaban J connectivity index is 1.96. The molecule has 2 N–H and O–H groups in total. The van der Waals surface area contributed by atoms with Gasteiger partial charge in [0.05, 0.1) is 29.0 Å². The molecule has 2 heterocycles. The second kappa shape index (κ2) is 6.30. The number of aromatic nitrogens is 2. The second-order valence-corrected chi connectivity index (χ2v) is 6.22. The largest absolute Gasteiger partial charge is 0.371 e. The molecule has 1 aromatic carbocycles. The number of fused-ring (bicyclic) bond motifs is 1. The number of nitrogens with two attached hydrogens (primary N) is 1. The number of rotatable bonds is 4.